The number of hydrogen-bond acceptors (Lipinski definition) is 5. The van der Waals surface area contributed by atoms with Gasteiger partial charge in [-0.1, -0.05) is 23.2 Å². The fraction of sp³-hybridized carbons (Fsp3) is 0.417. The number of rotatable bonds is 2. The summed E-state index contributed by atoms with van der Waals surface area (Å²) in [6, 6.07) is 3.54. The largest absolute Gasteiger partial charge is 0.397 e. The second-order valence-corrected chi connectivity index (χ2v) is 5.53. The molecule has 1 aliphatic rings. The number of tetrazole rings is 1. The number of aromatic nitrogens is 4. The van der Waals surface area contributed by atoms with Crippen LogP contribution in [0.15, 0.2) is 12.1 Å². The third-order valence-electron chi connectivity index (χ3n) is 3.46. The van der Waals surface area contributed by atoms with E-state index in [2.05, 4.69) is 15.5 Å². The van der Waals surface area contributed by atoms with Crippen LogP contribution in [0.2, 0.25) is 10.0 Å². The molecule has 2 atom stereocenters. The van der Waals surface area contributed by atoms with Gasteiger partial charge in [0.2, 0.25) is 0 Å². The van der Waals surface area contributed by atoms with Gasteiger partial charge < -0.3 is 10.5 Å². The molecule has 6 nitrogen and oxygen atoms in total. The molecular weight excluding hydrogens is 301 g/mol. The number of nitrogens with two attached hydrogens (primary N) is 1. The van der Waals surface area contributed by atoms with Crippen LogP contribution in [0, 0.1) is 0 Å². The highest BCUT2D eigenvalue weighted by atomic mass is 35.5. The topological polar surface area (TPSA) is 78.8 Å². The van der Waals surface area contributed by atoms with E-state index in [0.717, 1.165) is 12.0 Å². The van der Waals surface area contributed by atoms with E-state index < -0.39 is 0 Å². The maximum Gasteiger partial charge on any atom is 0.182 e. The summed E-state index contributed by atoms with van der Waals surface area (Å²) < 4.78 is 7.32. The normalized spacial score (nSPS) is 22.4. The Morgan fingerprint density at radius 3 is 2.85 bits per heavy atom. The fourth-order valence-electron chi connectivity index (χ4n) is 2.39. The summed E-state index contributed by atoms with van der Waals surface area (Å²) in [5.74, 6) is 0.609. The zero-order chi connectivity index (χ0) is 14.3. The first-order valence-electron chi connectivity index (χ1n) is 6.22. The van der Waals surface area contributed by atoms with Gasteiger partial charge in [-0.3, -0.25) is 0 Å². The molecule has 106 valence electrons. The number of nitrogens with zero attached hydrogens (tertiary/aromatic N) is 4. The molecule has 3 rings (SSSR count). The van der Waals surface area contributed by atoms with Crippen molar-refractivity contribution < 1.29 is 4.74 Å². The fourth-order valence-corrected chi connectivity index (χ4v) is 2.72. The Labute approximate surface area is 125 Å². The van der Waals surface area contributed by atoms with Crippen molar-refractivity contribution in [2.24, 2.45) is 0 Å². The van der Waals surface area contributed by atoms with Gasteiger partial charge in [0.15, 0.2) is 5.82 Å². The highest BCUT2D eigenvalue weighted by molar-refractivity contribution is 6.43. The van der Waals surface area contributed by atoms with Crippen molar-refractivity contribution in [1.82, 2.24) is 20.2 Å². The van der Waals surface area contributed by atoms with Crippen LogP contribution in [0.3, 0.4) is 0 Å². The molecule has 8 heteroatoms. The zero-order valence-electron chi connectivity index (χ0n) is 10.8. The molecule has 1 saturated heterocycles. The third kappa shape index (κ3) is 2.24. The minimum Gasteiger partial charge on any atom is -0.397 e. The summed E-state index contributed by atoms with van der Waals surface area (Å²) in [5, 5.41) is 12.6. The Kier molecular flexibility index (Phi) is 3.54. The number of hydrogen-bond donors (Lipinski definition) is 1. The van der Waals surface area contributed by atoms with Crippen LogP contribution in [-0.2, 0) is 4.74 Å². The molecule has 0 saturated carbocycles. The summed E-state index contributed by atoms with van der Waals surface area (Å²) in [6.45, 7) is 2.71. The molecule has 1 aliphatic heterocycles. The van der Waals surface area contributed by atoms with Gasteiger partial charge in [0, 0.05) is 12.2 Å². The maximum absolute atomic E-state index is 6.06. The van der Waals surface area contributed by atoms with E-state index in [9.17, 15) is 0 Å². The molecule has 0 bridgehead atoms. The van der Waals surface area contributed by atoms with E-state index in [-0.39, 0.29) is 12.1 Å². The van der Waals surface area contributed by atoms with Gasteiger partial charge in [-0.2, -0.15) is 0 Å². The van der Waals surface area contributed by atoms with Gasteiger partial charge >= 0.3 is 0 Å². The third-order valence-corrected chi connectivity index (χ3v) is 4.27. The quantitative estimate of drug-likeness (QED) is 0.862. The average molecular weight is 314 g/mol. The minimum absolute atomic E-state index is 0.0670. The molecule has 2 aromatic rings. The second kappa shape index (κ2) is 5.20. The Balaban J connectivity index is 2.05. The highest BCUT2D eigenvalue weighted by Crippen LogP contribution is 2.35. The van der Waals surface area contributed by atoms with Crippen LogP contribution in [0.1, 0.15) is 19.4 Å². The van der Waals surface area contributed by atoms with E-state index in [1.54, 1.807) is 16.8 Å². The van der Waals surface area contributed by atoms with Crippen LogP contribution in [-0.4, -0.2) is 32.9 Å². The van der Waals surface area contributed by atoms with Crippen molar-refractivity contribution >= 4 is 28.9 Å². The van der Waals surface area contributed by atoms with Crippen molar-refractivity contribution in [1.29, 1.82) is 0 Å². The van der Waals surface area contributed by atoms with E-state index in [0.29, 0.717) is 28.2 Å². The molecule has 0 radical (unpaired) electrons. The van der Waals surface area contributed by atoms with Crippen LogP contribution in [0.4, 0.5) is 5.69 Å². The lowest BCUT2D eigenvalue weighted by atomic mass is 10.1. The van der Waals surface area contributed by atoms with E-state index in [1.807, 2.05) is 6.92 Å². The van der Waals surface area contributed by atoms with Gasteiger partial charge in [-0.05, 0) is 35.9 Å². The number of anilines is 1. The molecule has 20 heavy (non-hydrogen) atoms. The van der Waals surface area contributed by atoms with Gasteiger partial charge in [0.25, 0.3) is 0 Å². The summed E-state index contributed by atoms with van der Waals surface area (Å²) >= 11 is 12.0. The molecule has 2 N–H and O–H groups in total. The van der Waals surface area contributed by atoms with E-state index >= 15 is 0 Å². The molecule has 1 aromatic heterocycles. The molecular formula is C12H13Cl2N5O. The first-order chi connectivity index (χ1) is 9.58. The molecule has 0 spiro atoms. The van der Waals surface area contributed by atoms with Gasteiger partial charge in [-0.15, -0.1) is 5.10 Å². The highest BCUT2D eigenvalue weighted by Gasteiger charge is 2.29. The second-order valence-electron chi connectivity index (χ2n) is 4.74. The van der Waals surface area contributed by atoms with Crippen molar-refractivity contribution in [3.8, 4) is 11.4 Å². The summed E-state index contributed by atoms with van der Waals surface area (Å²) in [5.41, 5.74) is 6.98. The summed E-state index contributed by atoms with van der Waals surface area (Å²) in [6.07, 6.45) is 0.938. The average Bonchev–Trinajstić information content (AvgIpc) is 3.03. The Bertz CT molecular complexity index is 622. The SMILES string of the molecule is CC1OCCC1n1nnnc1-c1cc(N)c(Cl)c(Cl)c1. The van der Waals surface area contributed by atoms with Crippen molar-refractivity contribution in [3.05, 3.63) is 22.2 Å². The number of halogens is 2. The molecule has 0 amide bonds. The first kappa shape index (κ1) is 13.6. The number of nitrogen functional groups attached to an aromatic ring is 1. The zero-order valence-corrected chi connectivity index (χ0v) is 12.3. The lowest BCUT2D eigenvalue weighted by molar-refractivity contribution is 0.105. The number of ether oxygens (including phenoxy) is 1. The van der Waals surface area contributed by atoms with Gasteiger partial charge in [-0.25, -0.2) is 4.68 Å². The Morgan fingerprint density at radius 1 is 1.40 bits per heavy atom. The lowest BCUT2D eigenvalue weighted by Gasteiger charge is -2.16. The minimum atomic E-state index is 0.0670. The van der Waals surface area contributed by atoms with Gasteiger partial charge in [0.1, 0.15) is 0 Å². The lowest BCUT2D eigenvalue weighted by Crippen LogP contribution is -2.19. The maximum atomic E-state index is 6.06. The predicted molar refractivity (Wildman–Crippen MR) is 76.8 cm³/mol. The van der Waals surface area contributed by atoms with Crippen LogP contribution in [0.25, 0.3) is 11.4 Å². The summed E-state index contributed by atoms with van der Waals surface area (Å²) in [7, 11) is 0. The monoisotopic (exact) mass is 313 g/mol. The summed E-state index contributed by atoms with van der Waals surface area (Å²) in [4.78, 5) is 0. The predicted octanol–water partition coefficient (Wildman–Crippen LogP) is 2.58. The standard InChI is InChI=1S/C12H13Cl2N5O/c1-6-10(2-3-20-6)19-12(16-17-18-19)7-4-8(13)11(14)9(15)5-7/h4-6,10H,2-3,15H2,1H3. The molecule has 0 aliphatic carbocycles. The molecule has 1 fully saturated rings. The first-order valence-corrected chi connectivity index (χ1v) is 6.98. The van der Waals surface area contributed by atoms with Crippen LogP contribution >= 0.6 is 23.2 Å². The van der Waals surface area contributed by atoms with Crippen molar-refractivity contribution in [3.63, 3.8) is 0 Å². The van der Waals surface area contributed by atoms with Crippen molar-refractivity contribution in [2.45, 2.75) is 25.5 Å². The van der Waals surface area contributed by atoms with Crippen molar-refractivity contribution in [2.75, 3.05) is 12.3 Å². The smallest absolute Gasteiger partial charge is 0.182 e. The van der Waals surface area contributed by atoms with E-state index in [1.165, 1.54) is 0 Å². The molecule has 1 aromatic carbocycles. The Morgan fingerprint density at radius 2 is 2.20 bits per heavy atom. The molecule has 2 unspecified atom stereocenters. The van der Waals surface area contributed by atoms with Gasteiger partial charge in [0.05, 0.1) is 27.9 Å². The van der Waals surface area contributed by atoms with Crippen LogP contribution in [0.5, 0.6) is 0 Å². The van der Waals surface area contributed by atoms with E-state index in [4.69, 9.17) is 33.7 Å². The van der Waals surface area contributed by atoms with Crippen LogP contribution < -0.4 is 5.73 Å². The molecule has 2 heterocycles. The Hall–Kier alpha value is -1.37. The number of benzene rings is 1.